The normalized spacial score (nSPS) is 14.6. The van der Waals surface area contributed by atoms with Crippen molar-refractivity contribution in [3.05, 3.63) is 40.9 Å². The molecule has 1 aliphatic rings. The zero-order chi connectivity index (χ0) is 17.9. The van der Waals surface area contributed by atoms with Crippen molar-refractivity contribution in [1.82, 2.24) is 29.6 Å². The molecule has 0 unspecified atom stereocenters. The minimum Gasteiger partial charge on any atom is -0.352 e. The fourth-order valence-corrected chi connectivity index (χ4v) is 3.85. The van der Waals surface area contributed by atoms with E-state index in [9.17, 15) is 4.79 Å². The van der Waals surface area contributed by atoms with Gasteiger partial charge in [-0.1, -0.05) is 6.07 Å². The number of H-pyrrole nitrogens is 1. The first-order chi connectivity index (χ1) is 12.7. The molecule has 3 aromatic heterocycles. The van der Waals surface area contributed by atoms with Crippen molar-refractivity contribution >= 4 is 35.3 Å². The van der Waals surface area contributed by atoms with E-state index >= 15 is 0 Å². The quantitative estimate of drug-likeness (QED) is 0.688. The molecule has 1 saturated heterocycles. The maximum Gasteiger partial charge on any atom is 0.242 e. The highest BCUT2D eigenvalue weighted by Gasteiger charge is 2.23. The van der Waals surface area contributed by atoms with Crippen LogP contribution in [0.1, 0.15) is 0 Å². The van der Waals surface area contributed by atoms with Crippen LogP contribution in [-0.2, 0) is 11.3 Å². The number of hydrogen-bond donors (Lipinski definition) is 1. The third kappa shape index (κ3) is 3.37. The predicted molar refractivity (Wildman–Crippen MR) is 102 cm³/mol. The molecule has 0 aromatic carbocycles. The van der Waals surface area contributed by atoms with Crippen LogP contribution in [0.25, 0.3) is 10.7 Å². The molecule has 1 fully saturated rings. The molecule has 10 heteroatoms. The number of nitrogens with zero attached hydrogens (tertiary/aromatic N) is 6. The Kier molecular flexibility index (Phi) is 4.76. The van der Waals surface area contributed by atoms with E-state index in [4.69, 9.17) is 12.2 Å². The van der Waals surface area contributed by atoms with Gasteiger partial charge in [0.2, 0.25) is 5.91 Å². The Balaban J connectivity index is 1.43. The largest absolute Gasteiger partial charge is 0.352 e. The van der Waals surface area contributed by atoms with Crippen LogP contribution in [0.4, 0.5) is 5.82 Å². The van der Waals surface area contributed by atoms with Crippen LogP contribution < -0.4 is 4.90 Å². The van der Waals surface area contributed by atoms with Gasteiger partial charge in [0.05, 0.1) is 11.1 Å². The minimum atomic E-state index is 0.0408. The van der Waals surface area contributed by atoms with Gasteiger partial charge in [-0.15, -0.1) is 11.3 Å². The second kappa shape index (κ2) is 7.34. The summed E-state index contributed by atoms with van der Waals surface area (Å²) in [7, 11) is 0. The van der Waals surface area contributed by atoms with Crippen LogP contribution in [0.3, 0.4) is 0 Å². The monoisotopic (exact) mass is 387 g/mol. The van der Waals surface area contributed by atoms with Crippen LogP contribution in [0.5, 0.6) is 0 Å². The molecule has 0 radical (unpaired) electrons. The smallest absolute Gasteiger partial charge is 0.242 e. The van der Waals surface area contributed by atoms with E-state index in [1.807, 2.05) is 22.4 Å². The highest BCUT2D eigenvalue weighted by Crippen LogP contribution is 2.23. The predicted octanol–water partition coefficient (Wildman–Crippen LogP) is 1.81. The van der Waals surface area contributed by atoms with E-state index in [2.05, 4.69) is 25.1 Å². The molecule has 0 aliphatic carbocycles. The number of piperazine rings is 1. The van der Waals surface area contributed by atoms with Gasteiger partial charge in [0.15, 0.2) is 10.6 Å². The van der Waals surface area contributed by atoms with Crippen LogP contribution in [0, 0.1) is 4.77 Å². The molecule has 0 spiro atoms. The van der Waals surface area contributed by atoms with E-state index in [0.717, 1.165) is 23.8 Å². The molecule has 0 saturated carbocycles. The Morgan fingerprint density at radius 2 is 2.12 bits per heavy atom. The maximum atomic E-state index is 12.8. The fraction of sp³-hybridized carbons (Fsp3) is 0.312. The molecule has 26 heavy (non-hydrogen) atoms. The number of nitrogens with one attached hydrogen (secondary N) is 1. The lowest BCUT2D eigenvalue weighted by Gasteiger charge is -2.35. The van der Waals surface area contributed by atoms with Gasteiger partial charge in [-0.2, -0.15) is 5.10 Å². The van der Waals surface area contributed by atoms with Crippen molar-refractivity contribution in [3.63, 3.8) is 0 Å². The van der Waals surface area contributed by atoms with E-state index < -0.39 is 0 Å². The second-order valence-electron chi connectivity index (χ2n) is 5.85. The van der Waals surface area contributed by atoms with Gasteiger partial charge < -0.3 is 9.80 Å². The van der Waals surface area contributed by atoms with Crippen molar-refractivity contribution in [1.29, 1.82) is 0 Å². The molecular formula is C16H17N7OS2. The van der Waals surface area contributed by atoms with E-state index in [1.165, 1.54) is 0 Å². The van der Waals surface area contributed by atoms with E-state index in [1.54, 1.807) is 34.5 Å². The first-order valence-corrected chi connectivity index (χ1v) is 9.49. The number of anilines is 1. The molecule has 0 atom stereocenters. The summed E-state index contributed by atoms with van der Waals surface area (Å²) in [5, 5.41) is 9.04. The van der Waals surface area contributed by atoms with Crippen molar-refractivity contribution in [2.24, 2.45) is 0 Å². The number of hydrogen-bond acceptors (Lipinski definition) is 7. The highest BCUT2D eigenvalue weighted by atomic mass is 32.1. The standard InChI is InChI=1S/C16H17N7OS2/c24-14(11-23-15(19-20-16(23)25)12-2-1-9-26-12)22-7-5-21(6-8-22)13-10-17-3-4-18-13/h1-4,9-10H,5-8,11H2,(H,20,25). The molecule has 8 nitrogen and oxygen atoms in total. The average molecular weight is 387 g/mol. The highest BCUT2D eigenvalue weighted by molar-refractivity contribution is 7.71. The summed E-state index contributed by atoms with van der Waals surface area (Å²) in [6.07, 6.45) is 5.08. The first-order valence-electron chi connectivity index (χ1n) is 8.20. The number of carbonyl (C=O) groups excluding carboxylic acids is 1. The molecule has 4 rings (SSSR count). The van der Waals surface area contributed by atoms with Gasteiger partial charge in [0.25, 0.3) is 0 Å². The Morgan fingerprint density at radius 1 is 1.27 bits per heavy atom. The minimum absolute atomic E-state index is 0.0408. The summed E-state index contributed by atoms with van der Waals surface area (Å²) < 4.78 is 2.22. The van der Waals surface area contributed by atoms with Crippen molar-refractivity contribution < 1.29 is 4.79 Å². The number of aromatic amines is 1. The van der Waals surface area contributed by atoms with Crippen molar-refractivity contribution in [3.8, 4) is 10.7 Å². The molecule has 1 aliphatic heterocycles. The SMILES string of the molecule is O=C(Cn1c(-c2cccs2)n[nH]c1=S)N1CCN(c2cnccn2)CC1. The third-order valence-corrected chi connectivity index (χ3v) is 5.48. The Bertz CT molecular complexity index is 927. The van der Waals surface area contributed by atoms with Gasteiger partial charge in [-0.05, 0) is 23.7 Å². The molecule has 3 aromatic rings. The Labute approximate surface area is 159 Å². The summed E-state index contributed by atoms with van der Waals surface area (Å²) in [6.45, 7) is 2.95. The Morgan fingerprint density at radius 3 is 2.81 bits per heavy atom. The summed E-state index contributed by atoms with van der Waals surface area (Å²) in [4.78, 5) is 26.2. The number of rotatable bonds is 4. The van der Waals surface area contributed by atoms with Gasteiger partial charge in [0.1, 0.15) is 12.4 Å². The van der Waals surface area contributed by atoms with Crippen LogP contribution in [0.15, 0.2) is 36.1 Å². The summed E-state index contributed by atoms with van der Waals surface area (Å²) >= 11 is 6.87. The van der Waals surface area contributed by atoms with Gasteiger partial charge >= 0.3 is 0 Å². The summed E-state index contributed by atoms with van der Waals surface area (Å²) in [6, 6.07) is 3.92. The molecule has 1 N–H and O–H groups in total. The van der Waals surface area contributed by atoms with Crippen LogP contribution >= 0.6 is 23.6 Å². The zero-order valence-electron chi connectivity index (χ0n) is 13.9. The zero-order valence-corrected chi connectivity index (χ0v) is 15.5. The molecular weight excluding hydrogens is 370 g/mol. The maximum absolute atomic E-state index is 12.8. The molecule has 134 valence electrons. The molecule has 0 bridgehead atoms. The summed E-state index contributed by atoms with van der Waals surface area (Å²) in [5.41, 5.74) is 0. The van der Waals surface area contributed by atoms with E-state index in [0.29, 0.717) is 23.7 Å². The third-order valence-electron chi connectivity index (χ3n) is 4.30. The van der Waals surface area contributed by atoms with Crippen LogP contribution in [-0.4, -0.2) is 61.7 Å². The second-order valence-corrected chi connectivity index (χ2v) is 7.18. The lowest BCUT2D eigenvalue weighted by molar-refractivity contribution is -0.132. The lowest BCUT2D eigenvalue weighted by atomic mass is 10.3. The van der Waals surface area contributed by atoms with Crippen molar-refractivity contribution in [2.45, 2.75) is 6.54 Å². The van der Waals surface area contributed by atoms with Gasteiger partial charge in [-0.3, -0.25) is 19.4 Å². The number of amides is 1. The van der Waals surface area contributed by atoms with E-state index in [-0.39, 0.29) is 12.5 Å². The van der Waals surface area contributed by atoms with Gasteiger partial charge in [-0.25, -0.2) is 4.98 Å². The summed E-state index contributed by atoms with van der Waals surface area (Å²) in [5.74, 6) is 1.59. The number of aromatic nitrogens is 5. The molecule has 4 heterocycles. The number of thiophene rings is 1. The van der Waals surface area contributed by atoms with Crippen molar-refractivity contribution in [2.75, 3.05) is 31.1 Å². The lowest BCUT2D eigenvalue weighted by Crippen LogP contribution is -2.49. The van der Waals surface area contributed by atoms with Crippen LogP contribution in [0.2, 0.25) is 0 Å². The topological polar surface area (TPSA) is 82.9 Å². The average Bonchev–Trinajstić information content (AvgIpc) is 3.33. The first kappa shape index (κ1) is 16.9. The van der Waals surface area contributed by atoms with Gasteiger partial charge in [0, 0.05) is 38.6 Å². The number of carbonyl (C=O) groups is 1. The fourth-order valence-electron chi connectivity index (χ4n) is 2.93. The Hall–Kier alpha value is -2.59. The molecule has 1 amide bonds.